The van der Waals surface area contributed by atoms with Crippen molar-refractivity contribution in [2.24, 2.45) is 0 Å². The Morgan fingerprint density at radius 2 is 1.79 bits per heavy atom. The number of likely N-dealkylation sites (tertiary alicyclic amines) is 1. The summed E-state index contributed by atoms with van der Waals surface area (Å²) in [6.45, 7) is 0.656. The number of fused-ring (bicyclic) bond motifs is 1. The molecule has 24 heavy (non-hydrogen) atoms. The second-order valence-corrected chi connectivity index (χ2v) is 5.61. The lowest BCUT2D eigenvalue weighted by Crippen LogP contribution is -2.49. The van der Waals surface area contributed by atoms with Gasteiger partial charge in [-0.05, 0) is 31.0 Å². The van der Waals surface area contributed by atoms with Crippen LogP contribution in [-0.2, 0) is 4.79 Å². The smallest absolute Gasteiger partial charge is 0.454 e. The van der Waals surface area contributed by atoms with Gasteiger partial charge in [-0.3, -0.25) is 9.59 Å². The number of halogens is 3. The average molecular weight is 344 g/mol. The molecule has 6 nitrogen and oxygen atoms in total. The molecule has 0 bridgehead atoms. The predicted molar refractivity (Wildman–Crippen MR) is 75.7 cm³/mol. The summed E-state index contributed by atoms with van der Waals surface area (Å²) in [5.74, 6) is -1.11. The minimum Gasteiger partial charge on any atom is -0.454 e. The van der Waals surface area contributed by atoms with Gasteiger partial charge in [0.2, 0.25) is 6.79 Å². The molecule has 0 saturated carbocycles. The third-order valence-electron chi connectivity index (χ3n) is 3.99. The number of alkyl halides is 3. The van der Waals surface area contributed by atoms with E-state index in [4.69, 9.17) is 9.47 Å². The molecule has 1 fully saturated rings. The summed E-state index contributed by atoms with van der Waals surface area (Å²) in [6.07, 6.45) is -4.34. The molecule has 1 aromatic rings. The van der Waals surface area contributed by atoms with Gasteiger partial charge in [-0.2, -0.15) is 13.2 Å². The average Bonchev–Trinajstić information content (AvgIpc) is 3.01. The van der Waals surface area contributed by atoms with E-state index in [1.54, 1.807) is 23.1 Å². The number of ether oxygens (including phenoxy) is 2. The molecule has 0 aromatic heterocycles. The Kier molecular flexibility index (Phi) is 4.25. The molecule has 1 saturated heterocycles. The van der Waals surface area contributed by atoms with Crippen LogP contribution in [0.25, 0.3) is 0 Å². The van der Waals surface area contributed by atoms with E-state index < -0.39 is 18.1 Å². The van der Waals surface area contributed by atoms with Crippen molar-refractivity contribution in [3.05, 3.63) is 23.8 Å². The number of carbonyl (C=O) groups is 2. The number of rotatable bonds is 2. The van der Waals surface area contributed by atoms with Crippen LogP contribution in [-0.4, -0.2) is 48.8 Å². The Bertz CT molecular complexity index is 655. The van der Waals surface area contributed by atoms with E-state index in [0.29, 0.717) is 17.1 Å². The van der Waals surface area contributed by atoms with Gasteiger partial charge in [0.1, 0.15) is 0 Å². The number of hydrogen-bond acceptors (Lipinski definition) is 4. The van der Waals surface area contributed by atoms with Crippen molar-refractivity contribution in [1.82, 2.24) is 10.2 Å². The minimum atomic E-state index is -4.89. The fourth-order valence-electron chi connectivity index (χ4n) is 2.71. The molecular weight excluding hydrogens is 329 g/mol. The van der Waals surface area contributed by atoms with Gasteiger partial charge in [0.05, 0.1) is 0 Å². The summed E-state index contributed by atoms with van der Waals surface area (Å²) in [5.41, 5.74) is 0.428. The standard InChI is InChI=1S/C15H15F3N2O4/c16-15(17,18)14(22)19-10-3-5-20(6-4-10)13(21)9-1-2-11-12(7-9)24-8-23-11/h1-2,7,10H,3-6,8H2,(H,19,22). The minimum absolute atomic E-state index is 0.108. The van der Waals surface area contributed by atoms with Gasteiger partial charge in [-0.1, -0.05) is 0 Å². The van der Waals surface area contributed by atoms with Gasteiger partial charge in [0.15, 0.2) is 11.5 Å². The molecular formula is C15H15F3N2O4. The summed E-state index contributed by atoms with van der Waals surface area (Å²) in [6, 6.07) is 4.27. The molecule has 2 aliphatic heterocycles. The molecule has 2 heterocycles. The van der Waals surface area contributed by atoms with Gasteiger partial charge in [-0.25, -0.2) is 0 Å². The summed E-state index contributed by atoms with van der Waals surface area (Å²) in [7, 11) is 0. The Balaban J connectivity index is 1.56. The summed E-state index contributed by atoms with van der Waals surface area (Å²) in [5, 5.41) is 1.95. The second kappa shape index (κ2) is 6.21. The van der Waals surface area contributed by atoms with Crippen molar-refractivity contribution >= 4 is 11.8 Å². The number of amides is 2. The first-order valence-corrected chi connectivity index (χ1v) is 7.41. The van der Waals surface area contributed by atoms with E-state index in [1.165, 1.54) is 0 Å². The predicted octanol–water partition coefficient (Wildman–Crippen LogP) is 1.70. The van der Waals surface area contributed by atoms with E-state index in [0.717, 1.165) is 0 Å². The van der Waals surface area contributed by atoms with Crippen molar-refractivity contribution in [1.29, 1.82) is 0 Å². The van der Waals surface area contributed by atoms with Crippen LogP contribution < -0.4 is 14.8 Å². The lowest BCUT2D eigenvalue weighted by molar-refractivity contribution is -0.174. The largest absolute Gasteiger partial charge is 0.471 e. The van der Waals surface area contributed by atoms with Crippen molar-refractivity contribution in [3.63, 3.8) is 0 Å². The summed E-state index contributed by atoms with van der Waals surface area (Å²) in [4.78, 5) is 24.9. The second-order valence-electron chi connectivity index (χ2n) is 5.61. The molecule has 0 aliphatic carbocycles. The van der Waals surface area contributed by atoms with Crippen molar-refractivity contribution in [2.75, 3.05) is 19.9 Å². The quantitative estimate of drug-likeness (QED) is 0.887. The van der Waals surface area contributed by atoms with Crippen LogP contribution in [0.3, 0.4) is 0 Å². The maximum atomic E-state index is 12.4. The van der Waals surface area contributed by atoms with Crippen LogP contribution in [0, 0.1) is 0 Å². The number of benzene rings is 1. The molecule has 1 aromatic carbocycles. The SMILES string of the molecule is O=C(c1ccc2c(c1)OCO2)N1CCC(NC(=O)C(F)(F)F)CC1. The van der Waals surface area contributed by atoms with Crippen LogP contribution in [0.1, 0.15) is 23.2 Å². The number of piperidine rings is 1. The highest BCUT2D eigenvalue weighted by molar-refractivity contribution is 5.95. The maximum Gasteiger partial charge on any atom is 0.471 e. The van der Waals surface area contributed by atoms with E-state index in [2.05, 4.69) is 0 Å². The summed E-state index contributed by atoms with van der Waals surface area (Å²) < 4.78 is 47.1. The van der Waals surface area contributed by atoms with Crippen molar-refractivity contribution in [2.45, 2.75) is 25.1 Å². The van der Waals surface area contributed by atoms with E-state index in [1.807, 2.05) is 5.32 Å². The topological polar surface area (TPSA) is 67.9 Å². The van der Waals surface area contributed by atoms with Crippen LogP contribution in [0.2, 0.25) is 0 Å². The Labute approximate surface area is 135 Å². The fourth-order valence-corrected chi connectivity index (χ4v) is 2.71. The molecule has 1 N–H and O–H groups in total. The molecule has 0 spiro atoms. The molecule has 0 unspecified atom stereocenters. The van der Waals surface area contributed by atoms with E-state index >= 15 is 0 Å². The van der Waals surface area contributed by atoms with Gasteiger partial charge >= 0.3 is 12.1 Å². The molecule has 2 amide bonds. The highest BCUT2D eigenvalue weighted by Gasteiger charge is 2.40. The maximum absolute atomic E-state index is 12.4. The van der Waals surface area contributed by atoms with Gasteiger partial charge in [-0.15, -0.1) is 0 Å². The Morgan fingerprint density at radius 3 is 2.46 bits per heavy atom. The number of nitrogens with zero attached hydrogens (tertiary/aromatic N) is 1. The molecule has 0 atom stereocenters. The first kappa shape index (κ1) is 16.4. The van der Waals surface area contributed by atoms with Crippen molar-refractivity contribution < 1.29 is 32.2 Å². The van der Waals surface area contributed by atoms with Crippen LogP contribution in [0.15, 0.2) is 18.2 Å². The molecule has 9 heteroatoms. The number of carbonyl (C=O) groups excluding carboxylic acids is 2. The highest BCUT2D eigenvalue weighted by Crippen LogP contribution is 2.33. The zero-order valence-corrected chi connectivity index (χ0v) is 12.6. The monoisotopic (exact) mass is 344 g/mol. The number of hydrogen-bond donors (Lipinski definition) is 1. The first-order chi connectivity index (χ1) is 11.3. The van der Waals surface area contributed by atoms with E-state index in [9.17, 15) is 22.8 Å². The normalized spacial score (nSPS) is 17.7. The van der Waals surface area contributed by atoms with Crippen LogP contribution in [0.5, 0.6) is 11.5 Å². The Hall–Kier alpha value is -2.45. The van der Waals surface area contributed by atoms with Gasteiger partial charge in [0, 0.05) is 24.7 Å². The van der Waals surface area contributed by atoms with Gasteiger partial charge < -0.3 is 19.7 Å². The first-order valence-electron chi connectivity index (χ1n) is 7.41. The van der Waals surface area contributed by atoms with Crippen molar-refractivity contribution in [3.8, 4) is 11.5 Å². The highest BCUT2D eigenvalue weighted by atomic mass is 19.4. The third-order valence-corrected chi connectivity index (χ3v) is 3.99. The van der Waals surface area contributed by atoms with E-state index in [-0.39, 0.29) is 38.6 Å². The zero-order chi connectivity index (χ0) is 17.3. The van der Waals surface area contributed by atoms with Crippen LogP contribution in [0.4, 0.5) is 13.2 Å². The molecule has 2 aliphatic rings. The fraction of sp³-hybridized carbons (Fsp3) is 0.467. The summed E-state index contributed by atoms with van der Waals surface area (Å²) >= 11 is 0. The third kappa shape index (κ3) is 3.39. The van der Waals surface area contributed by atoms with Gasteiger partial charge in [0.25, 0.3) is 5.91 Å². The van der Waals surface area contributed by atoms with Crippen LogP contribution >= 0.6 is 0 Å². The number of nitrogens with one attached hydrogen (secondary N) is 1. The lowest BCUT2D eigenvalue weighted by Gasteiger charge is -2.32. The molecule has 3 rings (SSSR count). The zero-order valence-electron chi connectivity index (χ0n) is 12.6. The molecule has 0 radical (unpaired) electrons. The molecule has 130 valence electrons. The lowest BCUT2D eigenvalue weighted by atomic mass is 10.0. The Morgan fingerprint density at radius 1 is 1.12 bits per heavy atom.